The molecule has 2 atom stereocenters. The number of hydrogen-bond acceptors (Lipinski definition) is 5. The summed E-state index contributed by atoms with van der Waals surface area (Å²) in [7, 11) is 1.50. The topological polar surface area (TPSA) is 88.1 Å². The standard InChI is InChI=1S/C33H24BrN3O4/c1-41-26-13-7-4-10-23(26)30(38)36-35-18-33-24-11-5-2-8-21(24)27(22-9-3-6-12-25(22)33)28-29(33)32(40)37(31(28)39)20-16-14-19(34)15-17-20/h2-18,27-29H,1H3,(H,36,38)/b35-18+/t27?,28-,29+,33?/m1/s1. The predicted molar refractivity (Wildman–Crippen MR) is 158 cm³/mol. The summed E-state index contributed by atoms with van der Waals surface area (Å²) in [5, 5.41) is 4.47. The molecule has 0 saturated carbocycles. The van der Waals surface area contributed by atoms with Crippen molar-refractivity contribution < 1.29 is 19.1 Å². The number of hydrogen-bond donors (Lipinski definition) is 1. The Balaban J connectivity index is 1.39. The highest BCUT2D eigenvalue weighted by Gasteiger charge is 2.68. The monoisotopic (exact) mass is 605 g/mol. The number of amides is 3. The van der Waals surface area contributed by atoms with Crippen molar-refractivity contribution in [3.63, 3.8) is 0 Å². The maximum absolute atomic E-state index is 14.4. The van der Waals surface area contributed by atoms with Crippen LogP contribution >= 0.6 is 15.9 Å². The summed E-state index contributed by atoms with van der Waals surface area (Å²) >= 11 is 3.44. The van der Waals surface area contributed by atoms with Gasteiger partial charge in [0.25, 0.3) is 5.91 Å². The molecule has 0 unspecified atom stereocenters. The first-order valence-electron chi connectivity index (χ1n) is 13.3. The summed E-state index contributed by atoms with van der Waals surface area (Å²) in [4.78, 5) is 43.0. The summed E-state index contributed by atoms with van der Waals surface area (Å²) < 4.78 is 6.20. The minimum absolute atomic E-state index is 0.229. The molecule has 1 N–H and O–H groups in total. The first kappa shape index (κ1) is 25.4. The molecule has 0 radical (unpaired) electrons. The first-order valence-corrected chi connectivity index (χ1v) is 14.1. The van der Waals surface area contributed by atoms with E-state index in [1.807, 2.05) is 60.7 Å². The molecule has 1 heterocycles. The second kappa shape index (κ2) is 9.52. The van der Waals surface area contributed by atoms with Gasteiger partial charge in [-0.15, -0.1) is 0 Å². The van der Waals surface area contributed by atoms with Gasteiger partial charge < -0.3 is 4.74 Å². The number of ether oxygens (including phenoxy) is 1. The van der Waals surface area contributed by atoms with Crippen LogP contribution in [-0.4, -0.2) is 31.0 Å². The highest BCUT2D eigenvalue weighted by molar-refractivity contribution is 9.10. The molecule has 1 fully saturated rings. The summed E-state index contributed by atoms with van der Waals surface area (Å²) in [6.45, 7) is 0. The van der Waals surface area contributed by atoms with Crippen LogP contribution in [0.25, 0.3) is 0 Å². The molecule has 1 aliphatic heterocycles. The van der Waals surface area contributed by atoms with Gasteiger partial charge in [-0.1, -0.05) is 76.6 Å². The summed E-state index contributed by atoms with van der Waals surface area (Å²) in [6.07, 6.45) is 1.65. The van der Waals surface area contributed by atoms with Crippen molar-refractivity contribution in [3.8, 4) is 5.75 Å². The Bertz CT molecular complexity index is 1720. The lowest BCUT2D eigenvalue weighted by atomic mass is 9.47. The van der Waals surface area contributed by atoms with Crippen LogP contribution in [0, 0.1) is 11.8 Å². The van der Waals surface area contributed by atoms with Crippen molar-refractivity contribution in [2.24, 2.45) is 16.9 Å². The lowest BCUT2D eigenvalue weighted by Gasteiger charge is -2.52. The second-order valence-electron chi connectivity index (χ2n) is 10.4. The summed E-state index contributed by atoms with van der Waals surface area (Å²) in [5.74, 6) is -2.15. The van der Waals surface area contributed by atoms with Crippen molar-refractivity contribution in [1.29, 1.82) is 0 Å². The van der Waals surface area contributed by atoms with Crippen LogP contribution in [-0.2, 0) is 15.0 Å². The lowest BCUT2D eigenvalue weighted by molar-refractivity contribution is -0.122. The molecule has 3 aliphatic carbocycles. The fourth-order valence-electron chi connectivity index (χ4n) is 6.98. The van der Waals surface area contributed by atoms with E-state index in [2.05, 4.69) is 26.5 Å². The van der Waals surface area contributed by atoms with Gasteiger partial charge in [0.15, 0.2) is 0 Å². The van der Waals surface area contributed by atoms with E-state index in [0.717, 1.165) is 26.7 Å². The van der Waals surface area contributed by atoms with Crippen LogP contribution in [0.3, 0.4) is 0 Å². The summed E-state index contributed by atoms with van der Waals surface area (Å²) in [5.41, 5.74) is 6.26. The van der Waals surface area contributed by atoms with Gasteiger partial charge in [0.2, 0.25) is 11.8 Å². The van der Waals surface area contributed by atoms with Crippen LogP contribution < -0.4 is 15.1 Å². The molecular weight excluding hydrogens is 582 g/mol. The Morgan fingerprint density at radius 1 is 0.878 bits per heavy atom. The zero-order valence-corrected chi connectivity index (χ0v) is 23.5. The molecule has 7 nitrogen and oxygen atoms in total. The van der Waals surface area contributed by atoms with E-state index >= 15 is 0 Å². The largest absolute Gasteiger partial charge is 0.496 e. The number of nitrogens with zero attached hydrogens (tertiary/aromatic N) is 2. The Kier molecular flexibility index (Phi) is 5.90. The first-order chi connectivity index (χ1) is 20.0. The number of rotatable bonds is 5. The van der Waals surface area contributed by atoms with E-state index in [1.54, 1.807) is 42.6 Å². The van der Waals surface area contributed by atoms with Gasteiger partial charge in [0.1, 0.15) is 5.75 Å². The number of imide groups is 1. The van der Waals surface area contributed by atoms with Crippen molar-refractivity contribution >= 4 is 45.6 Å². The number of anilines is 1. The number of hydrazone groups is 1. The van der Waals surface area contributed by atoms with Crippen LogP contribution in [0.5, 0.6) is 5.75 Å². The third kappa shape index (κ3) is 3.56. The van der Waals surface area contributed by atoms with E-state index in [9.17, 15) is 14.4 Å². The number of carbonyl (C=O) groups is 3. The van der Waals surface area contributed by atoms with Crippen molar-refractivity contribution in [1.82, 2.24) is 5.43 Å². The second-order valence-corrected chi connectivity index (χ2v) is 11.3. The average Bonchev–Trinajstić information content (AvgIpc) is 3.28. The number of methoxy groups -OCH3 is 1. The zero-order valence-electron chi connectivity index (χ0n) is 22.0. The van der Waals surface area contributed by atoms with Crippen molar-refractivity contribution in [3.05, 3.63) is 129 Å². The van der Waals surface area contributed by atoms with Crippen LogP contribution in [0.2, 0.25) is 0 Å². The van der Waals surface area contributed by atoms with E-state index in [1.165, 1.54) is 12.0 Å². The van der Waals surface area contributed by atoms with Crippen LogP contribution in [0.4, 0.5) is 5.69 Å². The lowest BCUT2D eigenvalue weighted by Crippen LogP contribution is -2.54. The van der Waals surface area contributed by atoms with Gasteiger partial charge in [-0.05, 0) is 58.7 Å². The number of carbonyl (C=O) groups excluding carboxylic acids is 3. The van der Waals surface area contributed by atoms with Crippen molar-refractivity contribution in [2.45, 2.75) is 11.3 Å². The van der Waals surface area contributed by atoms with E-state index in [0.29, 0.717) is 17.0 Å². The molecule has 8 heteroatoms. The van der Waals surface area contributed by atoms with Gasteiger partial charge >= 0.3 is 0 Å². The highest BCUT2D eigenvalue weighted by Crippen LogP contribution is 2.63. The van der Waals surface area contributed by atoms with E-state index in [4.69, 9.17) is 4.74 Å². The molecular formula is C33H24BrN3O4. The SMILES string of the molecule is COc1ccccc1C(=O)N/N=C/C12c3ccccc3C(c3ccccc31)[C@H]1C(=O)N(c3ccc(Br)cc3)C(=O)[C@H]12. The quantitative estimate of drug-likeness (QED) is 0.187. The fraction of sp³-hybridized carbons (Fsp3) is 0.152. The molecule has 0 aromatic heterocycles. The Labute approximate surface area is 245 Å². The predicted octanol–water partition coefficient (Wildman–Crippen LogP) is 5.42. The third-order valence-corrected chi connectivity index (χ3v) is 9.08. The molecule has 4 aromatic rings. The molecule has 202 valence electrons. The number of benzene rings is 4. The van der Waals surface area contributed by atoms with Gasteiger partial charge in [-0.3, -0.25) is 14.4 Å². The fourth-order valence-corrected chi connectivity index (χ4v) is 7.24. The molecule has 2 bridgehead atoms. The smallest absolute Gasteiger partial charge is 0.275 e. The molecule has 4 aliphatic rings. The molecule has 0 spiro atoms. The maximum atomic E-state index is 14.4. The Morgan fingerprint density at radius 2 is 1.49 bits per heavy atom. The normalized spacial score (nSPS) is 23.8. The molecule has 41 heavy (non-hydrogen) atoms. The maximum Gasteiger partial charge on any atom is 0.275 e. The number of nitrogens with one attached hydrogen (secondary N) is 1. The third-order valence-electron chi connectivity index (χ3n) is 8.55. The van der Waals surface area contributed by atoms with E-state index in [-0.39, 0.29) is 17.7 Å². The minimum Gasteiger partial charge on any atom is -0.496 e. The van der Waals surface area contributed by atoms with E-state index < -0.39 is 23.2 Å². The van der Waals surface area contributed by atoms with Gasteiger partial charge in [-0.2, -0.15) is 5.10 Å². The zero-order chi connectivity index (χ0) is 28.3. The van der Waals surface area contributed by atoms with Crippen LogP contribution in [0.15, 0.2) is 107 Å². The van der Waals surface area contributed by atoms with Crippen LogP contribution in [0.1, 0.15) is 38.5 Å². The van der Waals surface area contributed by atoms with Gasteiger partial charge in [-0.25, -0.2) is 10.3 Å². The number of halogens is 1. The van der Waals surface area contributed by atoms with Gasteiger partial charge in [0, 0.05) is 16.6 Å². The Morgan fingerprint density at radius 3 is 2.15 bits per heavy atom. The van der Waals surface area contributed by atoms with Gasteiger partial charge in [0.05, 0.1) is 35.6 Å². The number of para-hydroxylation sites is 1. The molecule has 3 amide bonds. The molecule has 8 rings (SSSR count). The van der Waals surface area contributed by atoms with Crippen molar-refractivity contribution in [2.75, 3.05) is 12.0 Å². The Hall–Kier alpha value is -4.56. The minimum atomic E-state index is -1.07. The highest BCUT2D eigenvalue weighted by atomic mass is 79.9. The summed E-state index contributed by atoms with van der Waals surface area (Å²) in [6, 6.07) is 29.9. The molecule has 4 aromatic carbocycles. The average molecular weight is 606 g/mol. The molecule has 1 saturated heterocycles.